The molecule has 0 aliphatic carbocycles. The SMILES string of the molecule is CC(C)CC(=O)c1c(O)cc(O)cc1OC[C@H](O)CNC(C)C. The van der Waals surface area contributed by atoms with E-state index in [1.54, 1.807) is 0 Å². The molecule has 1 atom stereocenters. The Labute approximate surface area is 137 Å². The molecular formula is C17H27NO5. The Morgan fingerprint density at radius 3 is 2.43 bits per heavy atom. The maximum atomic E-state index is 12.3. The van der Waals surface area contributed by atoms with E-state index in [1.807, 2.05) is 27.7 Å². The van der Waals surface area contributed by atoms with Crippen molar-refractivity contribution in [3.8, 4) is 17.2 Å². The molecule has 23 heavy (non-hydrogen) atoms. The monoisotopic (exact) mass is 325 g/mol. The van der Waals surface area contributed by atoms with Crippen LogP contribution in [0.3, 0.4) is 0 Å². The fourth-order valence-electron chi connectivity index (χ4n) is 2.07. The van der Waals surface area contributed by atoms with Crippen LogP contribution >= 0.6 is 0 Å². The Kier molecular flexibility index (Phi) is 7.32. The second-order valence-corrected chi connectivity index (χ2v) is 6.39. The van der Waals surface area contributed by atoms with Gasteiger partial charge in [0.2, 0.25) is 0 Å². The summed E-state index contributed by atoms with van der Waals surface area (Å²) in [6, 6.07) is 2.62. The molecule has 6 nitrogen and oxygen atoms in total. The third-order valence-corrected chi connectivity index (χ3v) is 3.13. The van der Waals surface area contributed by atoms with E-state index in [0.29, 0.717) is 6.54 Å². The Bertz CT molecular complexity index is 528. The fourth-order valence-corrected chi connectivity index (χ4v) is 2.07. The van der Waals surface area contributed by atoms with Gasteiger partial charge < -0.3 is 25.4 Å². The maximum Gasteiger partial charge on any atom is 0.170 e. The molecule has 0 saturated carbocycles. The number of hydrogen-bond donors (Lipinski definition) is 4. The van der Waals surface area contributed by atoms with Crippen LogP contribution in [0.15, 0.2) is 12.1 Å². The normalized spacial score (nSPS) is 12.7. The Hall–Kier alpha value is -1.79. The molecule has 0 bridgehead atoms. The van der Waals surface area contributed by atoms with Crippen LogP contribution in [0.4, 0.5) is 0 Å². The van der Waals surface area contributed by atoms with Crippen molar-refractivity contribution >= 4 is 5.78 Å². The van der Waals surface area contributed by atoms with Crippen molar-refractivity contribution in [3.05, 3.63) is 17.7 Å². The highest BCUT2D eigenvalue weighted by Gasteiger charge is 2.21. The molecule has 0 amide bonds. The predicted octanol–water partition coefficient (Wildman–Crippen LogP) is 2.06. The molecule has 0 aliphatic rings. The zero-order valence-electron chi connectivity index (χ0n) is 14.2. The second-order valence-electron chi connectivity index (χ2n) is 6.39. The number of Topliss-reactive ketones (excluding diaryl/α,β-unsaturated/α-hetero) is 1. The van der Waals surface area contributed by atoms with Crippen LogP contribution in [0, 0.1) is 5.92 Å². The standard InChI is InChI=1S/C17H27NO5/c1-10(2)5-14(21)17-15(22)6-12(19)7-16(17)23-9-13(20)8-18-11(3)4/h6-7,10-11,13,18-20,22H,5,8-9H2,1-4H3/t13-/m1/s1. The van der Waals surface area contributed by atoms with Gasteiger partial charge in [0.1, 0.15) is 35.5 Å². The average Bonchev–Trinajstić information content (AvgIpc) is 2.41. The third-order valence-electron chi connectivity index (χ3n) is 3.13. The molecule has 0 spiro atoms. The number of phenols is 2. The highest BCUT2D eigenvalue weighted by Crippen LogP contribution is 2.34. The summed E-state index contributed by atoms with van der Waals surface area (Å²) >= 11 is 0. The summed E-state index contributed by atoms with van der Waals surface area (Å²) < 4.78 is 5.46. The van der Waals surface area contributed by atoms with Gasteiger partial charge in [0.15, 0.2) is 5.78 Å². The quantitative estimate of drug-likeness (QED) is 0.519. The number of phenolic OH excluding ortho intramolecular Hbond substituents is 2. The van der Waals surface area contributed by atoms with Crippen LogP contribution in [-0.4, -0.2) is 46.4 Å². The largest absolute Gasteiger partial charge is 0.508 e. The van der Waals surface area contributed by atoms with Crippen molar-refractivity contribution in [1.29, 1.82) is 0 Å². The van der Waals surface area contributed by atoms with Gasteiger partial charge in [-0.05, 0) is 5.92 Å². The maximum absolute atomic E-state index is 12.3. The highest BCUT2D eigenvalue weighted by molar-refractivity contribution is 6.01. The van der Waals surface area contributed by atoms with E-state index < -0.39 is 6.10 Å². The number of carbonyl (C=O) groups is 1. The lowest BCUT2D eigenvalue weighted by Gasteiger charge is -2.17. The average molecular weight is 325 g/mol. The van der Waals surface area contributed by atoms with Crippen molar-refractivity contribution < 1.29 is 24.9 Å². The molecule has 4 N–H and O–H groups in total. The molecule has 0 saturated heterocycles. The molecular weight excluding hydrogens is 298 g/mol. The number of nitrogens with one attached hydrogen (secondary N) is 1. The van der Waals surface area contributed by atoms with Gasteiger partial charge in [-0.15, -0.1) is 0 Å². The minimum Gasteiger partial charge on any atom is -0.508 e. The molecule has 1 rings (SSSR count). The first-order valence-electron chi connectivity index (χ1n) is 7.84. The summed E-state index contributed by atoms with van der Waals surface area (Å²) in [5, 5.41) is 32.5. The number of aromatic hydroxyl groups is 2. The number of ether oxygens (including phenoxy) is 1. The van der Waals surface area contributed by atoms with Crippen LogP contribution in [0.1, 0.15) is 44.5 Å². The molecule has 0 radical (unpaired) electrons. The first-order chi connectivity index (χ1) is 10.7. The summed E-state index contributed by atoms with van der Waals surface area (Å²) in [7, 11) is 0. The lowest BCUT2D eigenvalue weighted by molar-refractivity contribution is 0.0930. The number of hydrogen-bond acceptors (Lipinski definition) is 6. The number of rotatable bonds is 9. The lowest BCUT2D eigenvalue weighted by atomic mass is 9.99. The highest BCUT2D eigenvalue weighted by atomic mass is 16.5. The third kappa shape index (κ3) is 6.46. The topological polar surface area (TPSA) is 99.0 Å². The molecule has 1 aromatic carbocycles. The van der Waals surface area contributed by atoms with Gasteiger partial charge in [-0.25, -0.2) is 0 Å². The Balaban J connectivity index is 2.86. The molecule has 0 fully saturated rings. The van der Waals surface area contributed by atoms with E-state index >= 15 is 0 Å². The molecule has 0 heterocycles. The minimum atomic E-state index is -0.769. The van der Waals surface area contributed by atoms with Crippen LogP contribution in [-0.2, 0) is 0 Å². The van der Waals surface area contributed by atoms with E-state index in [0.717, 1.165) is 6.07 Å². The van der Waals surface area contributed by atoms with Crippen molar-refractivity contribution in [2.45, 2.75) is 46.3 Å². The van der Waals surface area contributed by atoms with E-state index in [-0.39, 0.29) is 53.6 Å². The smallest absolute Gasteiger partial charge is 0.170 e. The number of aliphatic hydroxyl groups excluding tert-OH is 1. The van der Waals surface area contributed by atoms with Crippen LogP contribution < -0.4 is 10.1 Å². The van der Waals surface area contributed by atoms with Gasteiger partial charge in [-0.3, -0.25) is 4.79 Å². The molecule has 6 heteroatoms. The summed E-state index contributed by atoms with van der Waals surface area (Å²) in [6.45, 7) is 8.02. The van der Waals surface area contributed by atoms with Gasteiger partial charge >= 0.3 is 0 Å². The van der Waals surface area contributed by atoms with Crippen molar-refractivity contribution in [2.24, 2.45) is 5.92 Å². The van der Waals surface area contributed by atoms with Crippen molar-refractivity contribution in [1.82, 2.24) is 5.32 Å². The molecule has 0 aromatic heterocycles. The molecule has 0 unspecified atom stereocenters. The van der Waals surface area contributed by atoms with Gasteiger partial charge in [0.05, 0.1) is 0 Å². The predicted molar refractivity (Wildman–Crippen MR) is 88.2 cm³/mol. The minimum absolute atomic E-state index is 0.0421. The first kappa shape index (κ1) is 19.3. The zero-order chi connectivity index (χ0) is 17.6. The number of benzene rings is 1. The Morgan fingerprint density at radius 2 is 1.87 bits per heavy atom. The van der Waals surface area contributed by atoms with Gasteiger partial charge in [-0.2, -0.15) is 0 Å². The Morgan fingerprint density at radius 1 is 1.22 bits per heavy atom. The summed E-state index contributed by atoms with van der Waals surface area (Å²) in [5.74, 6) is -0.572. The van der Waals surface area contributed by atoms with Crippen molar-refractivity contribution in [3.63, 3.8) is 0 Å². The van der Waals surface area contributed by atoms with Gasteiger partial charge in [0.25, 0.3) is 0 Å². The van der Waals surface area contributed by atoms with E-state index in [2.05, 4.69) is 5.32 Å². The van der Waals surface area contributed by atoms with Gasteiger partial charge in [-0.1, -0.05) is 27.7 Å². The first-order valence-corrected chi connectivity index (χ1v) is 7.84. The lowest BCUT2D eigenvalue weighted by Crippen LogP contribution is -2.35. The van der Waals surface area contributed by atoms with E-state index in [9.17, 15) is 20.1 Å². The number of ketones is 1. The molecule has 1 aromatic rings. The van der Waals surface area contributed by atoms with Gasteiger partial charge in [0, 0.05) is 31.1 Å². The number of aliphatic hydroxyl groups is 1. The summed E-state index contributed by atoms with van der Waals surface area (Å²) in [4.78, 5) is 12.3. The molecule has 0 aliphatic heterocycles. The summed E-state index contributed by atoms with van der Waals surface area (Å²) in [6.07, 6.45) is -0.512. The van der Waals surface area contributed by atoms with E-state index in [4.69, 9.17) is 4.74 Å². The van der Waals surface area contributed by atoms with Crippen LogP contribution in [0.25, 0.3) is 0 Å². The van der Waals surface area contributed by atoms with E-state index in [1.165, 1.54) is 6.07 Å². The van der Waals surface area contributed by atoms with Crippen LogP contribution in [0.5, 0.6) is 17.2 Å². The zero-order valence-corrected chi connectivity index (χ0v) is 14.2. The van der Waals surface area contributed by atoms with Crippen LogP contribution in [0.2, 0.25) is 0 Å². The second kappa shape index (κ2) is 8.74. The number of carbonyl (C=O) groups excluding carboxylic acids is 1. The molecule has 130 valence electrons. The van der Waals surface area contributed by atoms with Crippen molar-refractivity contribution in [2.75, 3.05) is 13.2 Å². The summed E-state index contributed by atoms with van der Waals surface area (Å²) in [5.41, 5.74) is 0.0421. The fraction of sp³-hybridized carbons (Fsp3) is 0.588.